The molecule has 2 aliphatic rings. The fourth-order valence-electron chi connectivity index (χ4n) is 4.26. The van der Waals surface area contributed by atoms with Crippen LogP contribution in [0.3, 0.4) is 0 Å². The maximum atomic E-state index is 4.84. The van der Waals surface area contributed by atoms with Crippen LogP contribution >= 0.6 is 0 Å². The summed E-state index contributed by atoms with van der Waals surface area (Å²) in [5.74, 6) is 0.799. The molecule has 3 aromatic rings. The topological polar surface area (TPSA) is 55.4 Å². The van der Waals surface area contributed by atoms with Crippen LogP contribution in [-0.2, 0) is 6.42 Å². The number of rotatable bonds is 4. The van der Waals surface area contributed by atoms with Crippen molar-refractivity contribution in [3.63, 3.8) is 0 Å². The molecule has 1 saturated carbocycles. The van der Waals surface area contributed by atoms with Gasteiger partial charge in [-0.3, -0.25) is 4.99 Å². The average Bonchev–Trinajstić information content (AvgIpc) is 3.47. The lowest BCUT2D eigenvalue weighted by Gasteiger charge is -2.09. The third-order valence-electron chi connectivity index (χ3n) is 5.73. The molecular formula is C22H23N5. The third kappa shape index (κ3) is 2.87. The third-order valence-corrected chi connectivity index (χ3v) is 5.73. The molecule has 136 valence electrons. The molecule has 0 saturated heterocycles. The van der Waals surface area contributed by atoms with Crippen LogP contribution in [-0.4, -0.2) is 33.1 Å². The number of hydrogen-bond acceptors (Lipinski definition) is 4. The maximum absolute atomic E-state index is 4.84. The Labute approximate surface area is 158 Å². The molecule has 27 heavy (non-hydrogen) atoms. The second kappa shape index (κ2) is 6.72. The van der Waals surface area contributed by atoms with Crippen molar-refractivity contribution in [2.45, 2.75) is 45.1 Å². The molecule has 0 unspecified atom stereocenters. The number of aliphatic imine (C=N–C) groups is 2. The molecule has 0 radical (unpaired) electrons. The number of nitrogens with zero attached hydrogens (tertiary/aromatic N) is 5. The Morgan fingerprint density at radius 2 is 1.93 bits per heavy atom. The molecular weight excluding hydrogens is 334 g/mol. The van der Waals surface area contributed by atoms with Crippen molar-refractivity contribution in [3.8, 4) is 0 Å². The SMILES string of the molecule is CCc1ccccc1C1=NC(c2ccc3c(c2)nnn3C2CCCC2)=NC1. The van der Waals surface area contributed by atoms with E-state index in [1.54, 1.807) is 0 Å². The Kier molecular flexibility index (Phi) is 4.07. The van der Waals surface area contributed by atoms with Gasteiger partial charge in [0.1, 0.15) is 5.52 Å². The van der Waals surface area contributed by atoms with Gasteiger partial charge in [-0.1, -0.05) is 49.2 Å². The molecule has 1 fully saturated rings. The number of hydrogen-bond donors (Lipinski definition) is 0. The molecule has 1 aliphatic heterocycles. The first kappa shape index (κ1) is 16.4. The Balaban J connectivity index is 1.46. The van der Waals surface area contributed by atoms with Gasteiger partial charge in [-0.25, -0.2) is 9.67 Å². The highest BCUT2D eigenvalue weighted by Gasteiger charge is 2.21. The smallest absolute Gasteiger partial charge is 0.155 e. The first-order valence-electron chi connectivity index (χ1n) is 9.89. The van der Waals surface area contributed by atoms with Gasteiger partial charge in [-0.2, -0.15) is 0 Å². The average molecular weight is 357 g/mol. The Morgan fingerprint density at radius 1 is 1.07 bits per heavy atom. The molecule has 0 atom stereocenters. The van der Waals surface area contributed by atoms with Gasteiger partial charge in [0.2, 0.25) is 0 Å². The van der Waals surface area contributed by atoms with Crippen molar-refractivity contribution < 1.29 is 0 Å². The molecule has 1 aromatic heterocycles. The monoisotopic (exact) mass is 357 g/mol. The van der Waals surface area contributed by atoms with Crippen molar-refractivity contribution in [1.29, 1.82) is 0 Å². The van der Waals surface area contributed by atoms with Crippen LogP contribution in [0, 0.1) is 0 Å². The number of amidine groups is 1. The fraction of sp³-hybridized carbons (Fsp3) is 0.364. The second-order valence-corrected chi connectivity index (χ2v) is 7.38. The van der Waals surface area contributed by atoms with Crippen molar-refractivity contribution in [2.24, 2.45) is 9.98 Å². The molecule has 2 aromatic carbocycles. The highest BCUT2D eigenvalue weighted by atomic mass is 15.4. The lowest BCUT2D eigenvalue weighted by Crippen LogP contribution is -2.06. The van der Waals surface area contributed by atoms with Gasteiger partial charge in [0.05, 0.1) is 23.8 Å². The molecule has 0 bridgehead atoms. The lowest BCUT2D eigenvalue weighted by atomic mass is 10.0. The molecule has 1 aliphatic carbocycles. The summed E-state index contributed by atoms with van der Waals surface area (Å²) in [6.45, 7) is 2.82. The normalized spacial score (nSPS) is 17.5. The molecule has 0 N–H and O–H groups in total. The van der Waals surface area contributed by atoms with Gasteiger partial charge >= 0.3 is 0 Å². The van der Waals surface area contributed by atoms with Crippen molar-refractivity contribution in [3.05, 3.63) is 59.2 Å². The highest BCUT2D eigenvalue weighted by Crippen LogP contribution is 2.31. The molecule has 5 rings (SSSR count). The van der Waals surface area contributed by atoms with Crippen LogP contribution in [0.4, 0.5) is 0 Å². The zero-order valence-corrected chi connectivity index (χ0v) is 15.6. The minimum absolute atomic E-state index is 0.500. The maximum Gasteiger partial charge on any atom is 0.155 e. The van der Waals surface area contributed by atoms with E-state index >= 15 is 0 Å². The molecule has 5 heteroatoms. The predicted molar refractivity (Wildman–Crippen MR) is 109 cm³/mol. The van der Waals surface area contributed by atoms with Crippen LogP contribution < -0.4 is 0 Å². The van der Waals surface area contributed by atoms with Crippen LogP contribution in [0.1, 0.15) is 55.3 Å². The molecule has 0 amide bonds. The first-order chi connectivity index (χ1) is 13.3. The highest BCUT2D eigenvalue weighted by molar-refractivity contribution is 6.18. The zero-order valence-electron chi connectivity index (χ0n) is 15.6. The van der Waals surface area contributed by atoms with E-state index in [1.807, 2.05) is 0 Å². The van der Waals surface area contributed by atoms with Crippen LogP contribution in [0.5, 0.6) is 0 Å². The first-order valence-corrected chi connectivity index (χ1v) is 9.89. The summed E-state index contributed by atoms with van der Waals surface area (Å²) >= 11 is 0. The number of fused-ring (bicyclic) bond motifs is 1. The van der Waals surface area contributed by atoms with Gasteiger partial charge in [-0.05, 0) is 43.0 Å². The van der Waals surface area contributed by atoms with E-state index in [0.29, 0.717) is 12.6 Å². The van der Waals surface area contributed by atoms with Crippen molar-refractivity contribution >= 4 is 22.6 Å². The summed E-state index contributed by atoms with van der Waals surface area (Å²) in [4.78, 5) is 9.53. The van der Waals surface area contributed by atoms with Gasteiger partial charge in [0, 0.05) is 11.1 Å². The lowest BCUT2D eigenvalue weighted by molar-refractivity contribution is 0.467. The van der Waals surface area contributed by atoms with E-state index in [0.717, 1.165) is 34.6 Å². The minimum Gasteiger partial charge on any atom is -0.260 e. The van der Waals surface area contributed by atoms with Crippen molar-refractivity contribution in [1.82, 2.24) is 15.0 Å². The van der Waals surface area contributed by atoms with E-state index in [1.165, 1.54) is 36.8 Å². The standard InChI is InChI=1S/C22H23N5/c1-2-15-7-3-6-10-18(15)20-14-23-22(24-20)16-11-12-21-19(13-16)25-26-27(21)17-8-4-5-9-17/h3,6-7,10-13,17H,2,4-5,8-9,14H2,1H3. The van der Waals surface area contributed by atoms with Gasteiger partial charge < -0.3 is 0 Å². The van der Waals surface area contributed by atoms with Crippen LogP contribution in [0.25, 0.3) is 11.0 Å². The fourth-order valence-corrected chi connectivity index (χ4v) is 4.26. The summed E-state index contributed by atoms with van der Waals surface area (Å²) in [5.41, 5.74) is 6.65. The summed E-state index contributed by atoms with van der Waals surface area (Å²) in [6, 6.07) is 15.3. The Morgan fingerprint density at radius 3 is 2.78 bits per heavy atom. The van der Waals surface area contributed by atoms with Crippen LogP contribution in [0.15, 0.2) is 52.4 Å². The zero-order chi connectivity index (χ0) is 18.2. The van der Waals surface area contributed by atoms with E-state index in [4.69, 9.17) is 4.99 Å². The summed E-state index contributed by atoms with van der Waals surface area (Å²) < 4.78 is 2.11. The molecule has 2 heterocycles. The Hall–Kier alpha value is -2.82. The van der Waals surface area contributed by atoms with E-state index in [9.17, 15) is 0 Å². The summed E-state index contributed by atoms with van der Waals surface area (Å²) in [5, 5.41) is 8.83. The number of benzene rings is 2. The van der Waals surface area contributed by atoms with E-state index in [2.05, 4.69) is 69.4 Å². The summed E-state index contributed by atoms with van der Waals surface area (Å²) in [7, 11) is 0. The van der Waals surface area contributed by atoms with Gasteiger partial charge in [-0.15, -0.1) is 5.10 Å². The van der Waals surface area contributed by atoms with Crippen LogP contribution in [0.2, 0.25) is 0 Å². The minimum atomic E-state index is 0.500. The quantitative estimate of drug-likeness (QED) is 0.697. The largest absolute Gasteiger partial charge is 0.260 e. The predicted octanol–water partition coefficient (Wildman–Crippen LogP) is 4.36. The molecule has 0 spiro atoms. The Bertz CT molecular complexity index is 1050. The van der Waals surface area contributed by atoms with E-state index in [-0.39, 0.29) is 0 Å². The van der Waals surface area contributed by atoms with Crippen molar-refractivity contribution in [2.75, 3.05) is 6.54 Å². The molecule has 5 nitrogen and oxygen atoms in total. The van der Waals surface area contributed by atoms with Gasteiger partial charge in [0.25, 0.3) is 0 Å². The van der Waals surface area contributed by atoms with E-state index < -0.39 is 0 Å². The van der Waals surface area contributed by atoms with Gasteiger partial charge in [0.15, 0.2) is 5.84 Å². The number of aromatic nitrogens is 3. The summed E-state index contributed by atoms with van der Waals surface area (Å²) in [6.07, 6.45) is 5.99. The number of aryl methyl sites for hydroxylation is 1. The second-order valence-electron chi connectivity index (χ2n) is 7.38.